The van der Waals surface area contributed by atoms with Gasteiger partial charge in [-0.05, 0) is 44.3 Å². The van der Waals surface area contributed by atoms with Crippen LogP contribution in [0.25, 0.3) is 0 Å². The van der Waals surface area contributed by atoms with Crippen LogP contribution in [0.3, 0.4) is 0 Å². The highest BCUT2D eigenvalue weighted by molar-refractivity contribution is 5.93. The van der Waals surface area contributed by atoms with Gasteiger partial charge in [-0.3, -0.25) is 4.79 Å². The van der Waals surface area contributed by atoms with Crippen molar-refractivity contribution in [2.75, 3.05) is 27.2 Å². The van der Waals surface area contributed by atoms with Crippen LogP contribution in [0.1, 0.15) is 37.7 Å². The Hall–Kier alpha value is -1.35. The summed E-state index contributed by atoms with van der Waals surface area (Å²) in [5, 5.41) is 3.19. The van der Waals surface area contributed by atoms with E-state index in [1.807, 2.05) is 20.2 Å². The fourth-order valence-electron chi connectivity index (χ4n) is 4.25. The predicted molar refractivity (Wildman–Crippen MR) is 85.2 cm³/mol. The van der Waals surface area contributed by atoms with Crippen LogP contribution in [0.15, 0.2) is 30.3 Å². The fourth-order valence-corrected chi connectivity index (χ4v) is 4.25. The number of hydrogen-bond acceptors (Lipinski definition) is 2. The number of hydrogen-bond donors (Lipinski definition) is 1. The highest BCUT2D eigenvalue weighted by Crippen LogP contribution is 2.72. The average Bonchev–Trinajstić information content (AvgIpc) is 2.88. The molecule has 0 bridgehead atoms. The molecule has 0 aromatic heterocycles. The molecule has 0 aliphatic heterocycles. The Morgan fingerprint density at radius 3 is 2.48 bits per heavy atom. The summed E-state index contributed by atoms with van der Waals surface area (Å²) in [7, 11) is 4.07. The van der Waals surface area contributed by atoms with E-state index in [1.54, 1.807) is 0 Å². The lowest BCUT2D eigenvalue weighted by molar-refractivity contribution is -0.124. The summed E-state index contributed by atoms with van der Waals surface area (Å²) in [5.41, 5.74) is 1.21. The van der Waals surface area contributed by atoms with E-state index >= 15 is 0 Å². The van der Waals surface area contributed by atoms with Crippen LogP contribution in [0, 0.1) is 5.41 Å². The highest BCUT2D eigenvalue weighted by Gasteiger charge is 2.72. The van der Waals surface area contributed by atoms with Crippen LogP contribution in [-0.2, 0) is 10.2 Å². The van der Waals surface area contributed by atoms with Gasteiger partial charge in [0.05, 0.1) is 5.41 Å². The van der Waals surface area contributed by atoms with Crippen LogP contribution in [0.2, 0.25) is 0 Å². The molecule has 3 heteroatoms. The minimum Gasteiger partial charge on any atom is -0.354 e. The molecular formula is C18H26N2O. The Labute approximate surface area is 127 Å². The van der Waals surface area contributed by atoms with E-state index in [0.29, 0.717) is 0 Å². The standard InChI is InChI=1S/C18H26N2O/c1-20(2)13-12-19-16(21)18(15-8-4-3-5-9-15)14-17(18)10-6-7-11-17/h3-5,8-9H,6-7,10-14H2,1-2H3,(H,19,21)/t18-/m0/s1. The van der Waals surface area contributed by atoms with E-state index < -0.39 is 0 Å². The molecule has 2 fully saturated rings. The molecule has 1 N–H and O–H groups in total. The minimum absolute atomic E-state index is 0.247. The van der Waals surface area contributed by atoms with Gasteiger partial charge in [0.25, 0.3) is 0 Å². The molecule has 0 radical (unpaired) electrons. The highest BCUT2D eigenvalue weighted by atomic mass is 16.2. The van der Waals surface area contributed by atoms with Gasteiger partial charge in [0.15, 0.2) is 0 Å². The molecule has 1 aromatic carbocycles. The van der Waals surface area contributed by atoms with Gasteiger partial charge in [0.2, 0.25) is 5.91 Å². The third-order valence-electron chi connectivity index (χ3n) is 5.44. The summed E-state index contributed by atoms with van der Waals surface area (Å²) in [6.45, 7) is 1.63. The average molecular weight is 286 g/mol. The van der Waals surface area contributed by atoms with E-state index in [1.165, 1.54) is 31.2 Å². The Kier molecular flexibility index (Phi) is 3.78. The molecule has 114 valence electrons. The lowest BCUT2D eigenvalue weighted by Gasteiger charge is -2.23. The topological polar surface area (TPSA) is 32.3 Å². The predicted octanol–water partition coefficient (Wildman–Crippen LogP) is 2.57. The van der Waals surface area contributed by atoms with Crippen LogP contribution in [0.5, 0.6) is 0 Å². The normalized spacial score (nSPS) is 26.2. The zero-order valence-corrected chi connectivity index (χ0v) is 13.2. The number of nitrogens with zero attached hydrogens (tertiary/aromatic N) is 1. The number of nitrogens with one attached hydrogen (secondary N) is 1. The lowest BCUT2D eigenvalue weighted by atomic mass is 9.84. The molecule has 3 nitrogen and oxygen atoms in total. The molecular weight excluding hydrogens is 260 g/mol. The number of carbonyl (C=O) groups is 1. The molecule has 2 aliphatic carbocycles. The summed E-state index contributed by atoms with van der Waals surface area (Å²) in [4.78, 5) is 15.0. The van der Waals surface area contributed by atoms with E-state index in [9.17, 15) is 4.79 Å². The van der Waals surface area contributed by atoms with Crippen molar-refractivity contribution in [1.82, 2.24) is 10.2 Å². The molecule has 2 aliphatic rings. The Morgan fingerprint density at radius 2 is 1.86 bits per heavy atom. The van der Waals surface area contributed by atoms with Crippen molar-refractivity contribution >= 4 is 5.91 Å². The van der Waals surface area contributed by atoms with Crippen LogP contribution < -0.4 is 5.32 Å². The third-order valence-corrected chi connectivity index (χ3v) is 5.44. The SMILES string of the molecule is CN(C)CCNC(=O)[C@@]1(c2ccccc2)CC12CCCC2. The second-order valence-electron chi connectivity index (χ2n) is 6.99. The van der Waals surface area contributed by atoms with Crippen LogP contribution >= 0.6 is 0 Å². The quantitative estimate of drug-likeness (QED) is 0.902. The third kappa shape index (κ3) is 2.38. The molecule has 1 spiro atoms. The first-order valence-corrected chi connectivity index (χ1v) is 8.09. The van der Waals surface area contributed by atoms with Gasteiger partial charge in [-0.25, -0.2) is 0 Å². The maximum absolute atomic E-state index is 12.9. The summed E-state index contributed by atoms with van der Waals surface area (Å²) in [5.74, 6) is 0.248. The van der Waals surface area contributed by atoms with Crippen molar-refractivity contribution in [3.8, 4) is 0 Å². The fraction of sp³-hybridized carbons (Fsp3) is 0.611. The van der Waals surface area contributed by atoms with Gasteiger partial charge < -0.3 is 10.2 Å². The second-order valence-corrected chi connectivity index (χ2v) is 6.99. The van der Waals surface area contributed by atoms with Crippen molar-refractivity contribution in [1.29, 1.82) is 0 Å². The van der Waals surface area contributed by atoms with Crippen molar-refractivity contribution in [3.05, 3.63) is 35.9 Å². The molecule has 3 rings (SSSR count). The number of carbonyl (C=O) groups excluding carboxylic acids is 1. The maximum Gasteiger partial charge on any atom is 0.231 e. The van der Waals surface area contributed by atoms with Gasteiger partial charge in [-0.2, -0.15) is 0 Å². The number of amides is 1. The van der Waals surface area contributed by atoms with Gasteiger partial charge in [-0.1, -0.05) is 43.2 Å². The first-order valence-electron chi connectivity index (χ1n) is 8.09. The number of rotatable bonds is 5. The molecule has 0 unspecified atom stereocenters. The van der Waals surface area contributed by atoms with E-state index in [0.717, 1.165) is 19.5 Å². The number of benzene rings is 1. The largest absolute Gasteiger partial charge is 0.354 e. The molecule has 1 aromatic rings. The van der Waals surface area contributed by atoms with E-state index in [2.05, 4.69) is 34.5 Å². The van der Waals surface area contributed by atoms with Gasteiger partial charge in [0, 0.05) is 13.1 Å². The summed E-state index contributed by atoms with van der Waals surface area (Å²) >= 11 is 0. The van der Waals surface area contributed by atoms with Crippen molar-refractivity contribution in [2.24, 2.45) is 5.41 Å². The molecule has 0 saturated heterocycles. The second kappa shape index (κ2) is 5.45. The van der Waals surface area contributed by atoms with Crippen molar-refractivity contribution in [2.45, 2.75) is 37.5 Å². The lowest BCUT2D eigenvalue weighted by Crippen LogP contribution is -2.41. The first-order chi connectivity index (χ1) is 10.1. The minimum atomic E-state index is -0.253. The number of likely N-dealkylation sites (N-methyl/N-ethyl adjacent to an activating group) is 1. The summed E-state index contributed by atoms with van der Waals surface area (Å²) in [6.07, 6.45) is 6.02. The van der Waals surface area contributed by atoms with Crippen molar-refractivity contribution < 1.29 is 4.79 Å². The molecule has 21 heavy (non-hydrogen) atoms. The van der Waals surface area contributed by atoms with Crippen LogP contribution in [-0.4, -0.2) is 38.0 Å². The van der Waals surface area contributed by atoms with E-state index in [-0.39, 0.29) is 16.7 Å². The van der Waals surface area contributed by atoms with Gasteiger partial charge in [0.1, 0.15) is 0 Å². The van der Waals surface area contributed by atoms with Crippen LogP contribution in [0.4, 0.5) is 0 Å². The van der Waals surface area contributed by atoms with Crippen molar-refractivity contribution in [3.63, 3.8) is 0 Å². The Balaban J connectivity index is 1.80. The molecule has 1 amide bonds. The van der Waals surface area contributed by atoms with E-state index in [4.69, 9.17) is 0 Å². The van der Waals surface area contributed by atoms with Gasteiger partial charge >= 0.3 is 0 Å². The molecule has 0 heterocycles. The first kappa shape index (κ1) is 14.6. The summed E-state index contributed by atoms with van der Waals surface area (Å²) in [6, 6.07) is 10.4. The Morgan fingerprint density at radius 1 is 1.19 bits per heavy atom. The molecule has 2 saturated carbocycles. The maximum atomic E-state index is 12.9. The Bertz CT molecular complexity index is 505. The molecule has 1 atom stereocenters. The zero-order chi connectivity index (χ0) is 14.9. The monoisotopic (exact) mass is 286 g/mol. The smallest absolute Gasteiger partial charge is 0.231 e. The zero-order valence-electron chi connectivity index (χ0n) is 13.2. The van der Waals surface area contributed by atoms with Gasteiger partial charge in [-0.15, -0.1) is 0 Å². The summed E-state index contributed by atoms with van der Waals surface area (Å²) < 4.78 is 0.